The van der Waals surface area contributed by atoms with Gasteiger partial charge in [0, 0.05) is 12.8 Å². The number of hydrogen-bond donors (Lipinski definition) is 2. The van der Waals surface area contributed by atoms with Crippen LogP contribution in [0.3, 0.4) is 0 Å². The van der Waals surface area contributed by atoms with Crippen LogP contribution in [0.15, 0.2) is 109 Å². The molecule has 0 aromatic heterocycles. The molecule has 0 radical (unpaired) electrons. The Morgan fingerprint density at radius 2 is 0.718 bits per heavy atom. The zero-order chi connectivity index (χ0) is 62.1. The Morgan fingerprint density at radius 3 is 1.11 bits per heavy atom. The molecule has 0 bridgehead atoms. The van der Waals surface area contributed by atoms with Gasteiger partial charge >= 0.3 is 13.8 Å². The molecule has 0 saturated heterocycles. The first-order valence-corrected chi connectivity index (χ1v) is 36.7. The van der Waals surface area contributed by atoms with E-state index in [9.17, 15) is 19.0 Å². The van der Waals surface area contributed by atoms with Gasteiger partial charge in [-0.25, -0.2) is 4.57 Å². The molecule has 85 heavy (non-hydrogen) atoms. The fourth-order valence-corrected chi connectivity index (χ4v) is 10.5. The number of hydrogen-bond acceptors (Lipinski definition) is 6. The van der Waals surface area contributed by atoms with E-state index in [-0.39, 0.29) is 31.5 Å². The number of amides is 1. The lowest BCUT2D eigenvalue weighted by molar-refractivity contribution is -0.870. The quantitative estimate of drug-likeness (QED) is 0.0205. The summed E-state index contributed by atoms with van der Waals surface area (Å²) in [4.78, 5) is 37.9. The molecule has 9 nitrogen and oxygen atoms in total. The van der Waals surface area contributed by atoms with E-state index in [4.69, 9.17) is 13.8 Å². The van der Waals surface area contributed by atoms with Crippen LogP contribution < -0.4 is 5.32 Å². The lowest BCUT2D eigenvalue weighted by Crippen LogP contribution is -2.47. The summed E-state index contributed by atoms with van der Waals surface area (Å²) in [6.07, 6.45) is 88.1. The maximum atomic E-state index is 13.6. The summed E-state index contributed by atoms with van der Waals surface area (Å²) in [6, 6.07) is -0.871. The topological polar surface area (TPSA) is 111 Å². The highest BCUT2D eigenvalue weighted by atomic mass is 31.2. The fourth-order valence-electron chi connectivity index (χ4n) is 9.73. The van der Waals surface area contributed by atoms with E-state index in [0.717, 1.165) is 103 Å². The van der Waals surface area contributed by atoms with Crippen LogP contribution in [0.2, 0.25) is 0 Å². The summed E-state index contributed by atoms with van der Waals surface area (Å²) in [5.41, 5.74) is 0. The number of nitrogens with zero attached hydrogens (tertiary/aromatic N) is 1. The lowest BCUT2D eigenvalue weighted by Gasteiger charge is -2.27. The molecule has 3 unspecified atom stereocenters. The fraction of sp³-hybridized carbons (Fsp3) is 0.733. The van der Waals surface area contributed by atoms with Crippen molar-refractivity contribution in [2.75, 3.05) is 40.9 Å². The number of carbonyl (C=O) groups is 2. The number of allylic oxidation sites excluding steroid dienone is 17. The van der Waals surface area contributed by atoms with Gasteiger partial charge in [0.05, 0.1) is 33.8 Å². The summed E-state index contributed by atoms with van der Waals surface area (Å²) in [6.45, 7) is 6.95. The SMILES string of the molecule is CCCCC/C=C\C/C=C\C/C=C\C/C=C\CCCCCCCCCCCCCC(=O)NC(COP(=O)(O)OCC[N+](C)(C)C)C(/C=C\CCCCCCCCCCCCC)OC(=O)CCCCC/C=C\C/C=C\C/C=C\C/C=C\CCCCC. The van der Waals surface area contributed by atoms with Gasteiger partial charge in [-0.1, -0.05) is 278 Å². The van der Waals surface area contributed by atoms with Crippen molar-refractivity contribution < 1.29 is 37.3 Å². The number of phosphoric ester groups is 1. The van der Waals surface area contributed by atoms with Gasteiger partial charge in [-0.05, 0) is 122 Å². The second-order valence-electron chi connectivity index (χ2n) is 24.7. The molecule has 0 spiro atoms. The highest BCUT2D eigenvalue weighted by molar-refractivity contribution is 7.47. The van der Waals surface area contributed by atoms with Crippen molar-refractivity contribution in [2.24, 2.45) is 0 Å². The normalized spacial score (nSPS) is 14.2. The average Bonchev–Trinajstić information content (AvgIpc) is 3.53. The van der Waals surface area contributed by atoms with Gasteiger partial charge in [0.1, 0.15) is 19.3 Å². The highest BCUT2D eigenvalue weighted by Gasteiger charge is 2.30. The monoisotopic (exact) mass is 1210 g/mol. The number of nitrogens with one attached hydrogen (secondary N) is 1. The molecule has 0 aromatic rings. The van der Waals surface area contributed by atoms with E-state index in [1.54, 1.807) is 0 Å². The molecule has 490 valence electrons. The van der Waals surface area contributed by atoms with E-state index in [0.29, 0.717) is 23.9 Å². The standard InChI is InChI=1S/C75H133N2O7P/c1-7-10-13-16-19-22-25-28-30-32-34-35-36-37-38-39-40-41-43-44-46-49-52-55-58-61-64-67-74(78)76-72(71-83-85(80,81)82-70-69-77(4,5)6)73(66-63-60-57-54-51-48-27-24-21-18-15-12-9-3)84-75(79)68-65-62-59-56-53-50-47-45-42-33-31-29-26-23-20-17-14-11-8-2/h19-20,22-23,28-31,34-35,37-38,42,45,50,53,63,66,72-73H,7-18,21,24-27,32-33,36,39-41,43-44,46-49,51-52,54-62,64-65,67-71H2,1-6H3,(H-,76,78,80,81)/p+1/b22-19-,23-20-,30-28-,31-29-,35-34-,38-37-,45-42-,53-50-,66-63-. The first kappa shape index (κ1) is 81.7. The minimum absolute atomic E-state index is 0.0296. The first-order valence-electron chi connectivity index (χ1n) is 35.2. The summed E-state index contributed by atoms with van der Waals surface area (Å²) in [5.74, 6) is -0.544. The zero-order valence-electron chi connectivity index (χ0n) is 56.1. The number of carbonyl (C=O) groups excluding carboxylic acids is 2. The van der Waals surface area contributed by atoms with E-state index in [2.05, 4.69) is 123 Å². The molecule has 0 aliphatic carbocycles. The molecule has 3 atom stereocenters. The number of phosphoric acid groups is 1. The number of unbranched alkanes of at least 4 members (excludes halogenated alkanes) is 31. The van der Waals surface area contributed by atoms with E-state index >= 15 is 0 Å². The minimum Gasteiger partial charge on any atom is -0.456 e. The van der Waals surface area contributed by atoms with Crippen LogP contribution in [0.5, 0.6) is 0 Å². The second kappa shape index (κ2) is 63.7. The van der Waals surface area contributed by atoms with Crippen LogP contribution in [0.4, 0.5) is 0 Å². The molecule has 0 rings (SSSR count). The second-order valence-corrected chi connectivity index (χ2v) is 26.1. The Balaban J connectivity index is 5.16. The number of likely N-dealkylation sites (N-methyl/N-ethyl adjacent to an activating group) is 1. The largest absolute Gasteiger partial charge is 0.472 e. The molecule has 0 aliphatic heterocycles. The van der Waals surface area contributed by atoms with Crippen LogP contribution >= 0.6 is 7.82 Å². The Labute approximate surface area is 525 Å². The van der Waals surface area contributed by atoms with Gasteiger partial charge in [0.25, 0.3) is 0 Å². The summed E-state index contributed by atoms with van der Waals surface area (Å²) in [7, 11) is 1.47. The predicted octanol–water partition coefficient (Wildman–Crippen LogP) is 22.5. The van der Waals surface area contributed by atoms with Crippen LogP contribution in [-0.4, -0.2) is 74.3 Å². The number of esters is 1. The van der Waals surface area contributed by atoms with Crippen LogP contribution in [0.25, 0.3) is 0 Å². The van der Waals surface area contributed by atoms with Crippen molar-refractivity contribution in [3.63, 3.8) is 0 Å². The Bertz CT molecular complexity index is 1820. The van der Waals surface area contributed by atoms with Crippen molar-refractivity contribution in [1.82, 2.24) is 5.32 Å². The zero-order valence-corrected chi connectivity index (χ0v) is 57.0. The highest BCUT2D eigenvalue weighted by Crippen LogP contribution is 2.43. The Hall–Kier alpha value is -3.33. The van der Waals surface area contributed by atoms with E-state index in [1.165, 1.54) is 161 Å². The van der Waals surface area contributed by atoms with E-state index < -0.39 is 20.0 Å². The summed E-state index contributed by atoms with van der Waals surface area (Å²) in [5, 5.41) is 3.06. The Kier molecular flexibility index (Phi) is 61.2. The molecular formula is C75H134N2O7P+. The van der Waals surface area contributed by atoms with Gasteiger partial charge in [0.2, 0.25) is 5.91 Å². The number of rotatable bonds is 63. The van der Waals surface area contributed by atoms with Crippen molar-refractivity contribution >= 4 is 19.7 Å². The van der Waals surface area contributed by atoms with Crippen molar-refractivity contribution in [1.29, 1.82) is 0 Å². The van der Waals surface area contributed by atoms with Crippen LogP contribution in [0, 0.1) is 0 Å². The molecule has 0 heterocycles. The van der Waals surface area contributed by atoms with Crippen molar-refractivity contribution in [3.8, 4) is 0 Å². The van der Waals surface area contributed by atoms with Crippen molar-refractivity contribution in [3.05, 3.63) is 109 Å². The maximum absolute atomic E-state index is 13.6. The van der Waals surface area contributed by atoms with Gasteiger partial charge in [0.15, 0.2) is 0 Å². The van der Waals surface area contributed by atoms with Crippen LogP contribution in [-0.2, 0) is 27.9 Å². The van der Waals surface area contributed by atoms with Gasteiger partial charge in [-0.2, -0.15) is 0 Å². The number of ether oxygens (including phenoxy) is 1. The molecule has 1 amide bonds. The van der Waals surface area contributed by atoms with Gasteiger partial charge < -0.3 is 19.4 Å². The summed E-state index contributed by atoms with van der Waals surface area (Å²) >= 11 is 0. The molecule has 0 aliphatic rings. The molecule has 0 saturated carbocycles. The first-order chi connectivity index (χ1) is 41.4. The van der Waals surface area contributed by atoms with Crippen molar-refractivity contribution in [2.45, 2.75) is 315 Å². The van der Waals surface area contributed by atoms with Gasteiger partial charge in [-0.3, -0.25) is 18.6 Å². The lowest BCUT2D eigenvalue weighted by atomic mass is 10.0. The molecule has 10 heteroatoms. The smallest absolute Gasteiger partial charge is 0.456 e. The predicted molar refractivity (Wildman–Crippen MR) is 369 cm³/mol. The summed E-state index contributed by atoms with van der Waals surface area (Å²) < 4.78 is 30.8. The molecule has 0 aromatic carbocycles. The average molecular weight is 1210 g/mol. The van der Waals surface area contributed by atoms with E-state index in [1.807, 2.05) is 33.3 Å². The van der Waals surface area contributed by atoms with Gasteiger partial charge in [-0.15, -0.1) is 0 Å². The third-order valence-corrected chi connectivity index (χ3v) is 16.2. The minimum atomic E-state index is -4.47. The molecular weight excluding hydrogens is 1070 g/mol. The molecule has 0 fully saturated rings. The Morgan fingerprint density at radius 1 is 0.412 bits per heavy atom. The number of quaternary nitrogens is 1. The third kappa shape index (κ3) is 65.0. The molecule has 2 N–H and O–H groups in total. The van der Waals surface area contributed by atoms with Crippen LogP contribution in [0.1, 0.15) is 303 Å². The maximum Gasteiger partial charge on any atom is 0.472 e. The third-order valence-electron chi connectivity index (χ3n) is 15.2.